The van der Waals surface area contributed by atoms with E-state index in [-0.39, 0.29) is 5.41 Å². The summed E-state index contributed by atoms with van der Waals surface area (Å²) in [6.45, 7) is 6.10. The molecule has 2 nitrogen and oxygen atoms in total. The van der Waals surface area contributed by atoms with Crippen LogP contribution in [0.25, 0.3) is 0 Å². The SMILES string of the molecule is CC(O)(C=Nc1ccccc1)CC(C)(C)c1ccccc1. The van der Waals surface area contributed by atoms with Crippen LogP contribution in [0.2, 0.25) is 0 Å². The molecule has 0 aliphatic carbocycles. The fourth-order valence-electron chi connectivity index (χ4n) is 2.66. The van der Waals surface area contributed by atoms with Gasteiger partial charge in [0.2, 0.25) is 0 Å². The highest BCUT2D eigenvalue weighted by atomic mass is 16.3. The normalized spacial score (nSPS) is 15.0. The number of aliphatic imine (C=N–C) groups is 1. The Kier molecular flexibility index (Phi) is 4.59. The van der Waals surface area contributed by atoms with Gasteiger partial charge in [0.15, 0.2) is 0 Å². The molecular weight excluding hydrogens is 258 g/mol. The summed E-state index contributed by atoms with van der Waals surface area (Å²) in [4.78, 5) is 4.38. The van der Waals surface area contributed by atoms with Gasteiger partial charge in [-0.25, -0.2) is 0 Å². The van der Waals surface area contributed by atoms with E-state index in [9.17, 15) is 5.11 Å². The molecule has 0 heterocycles. The zero-order chi connectivity index (χ0) is 15.3. The van der Waals surface area contributed by atoms with Gasteiger partial charge in [-0.05, 0) is 36.5 Å². The molecule has 0 aliphatic heterocycles. The lowest BCUT2D eigenvalue weighted by Crippen LogP contribution is -2.35. The van der Waals surface area contributed by atoms with Gasteiger partial charge in [0.1, 0.15) is 0 Å². The molecule has 0 bridgehead atoms. The van der Waals surface area contributed by atoms with Gasteiger partial charge < -0.3 is 5.11 Å². The average Bonchev–Trinajstić information content (AvgIpc) is 2.46. The summed E-state index contributed by atoms with van der Waals surface area (Å²) in [5.41, 5.74) is 1.01. The van der Waals surface area contributed by atoms with E-state index in [2.05, 4.69) is 31.0 Å². The molecule has 0 spiro atoms. The molecule has 0 aliphatic rings. The minimum absolute atomic E-state index is 0.118. The molecule has 2 aromatic rings. The van der Waals surface area contributed by atoms with E-state index in [0.29, 0.717) is 6.42 Å². The summed E-state index contributed by atoms with van der Waals surface area (Å²) < 4.78 is 0. The smallest absolute Gasteiger partial charge is 0.0977 e. The molecule has 1 N–H and O–H groups in total. The van der Waals surface area contributed by atoms with Gasteiger partial charge in [0.25, 0.3) is 0 Å². The zero-order valence-corrected chi connectivity index (χ0v) is 13.0. The molecular formula is C19H23NO. The first-order valence-corrected chi connectivity index (χ1v) is 7.27. The molecule has 0 saturated heterocycles. The Morgan fingerprint density at radius 1 is 0.905 bits per heavy atom. The third kappa shape index (κ3) is 4.54. The van der Waals surface area contributed by atoms with Crippen LogP contribution >= 0.6 is 0 Å². The summed E-state index contributed by atoms with van der Waals surface area (Å²) in [5.74, 6) is 0. The largest absolute Gasteiger partial charge is 0.384 e. The fourth-order valence-corrected chi connectivity index (χ4v) is 2.66. The Morgan fingerprint density at radius 2 is 1.43 bits per heavy atom. The number of para-hydroxylation sites is 1. The van der Waals surface area contributed by atoms with Gasteiger partial charge in [0, 0.05) is 6.21 Å². The standard InChI is InChI=1S/C19H23NO/c1-18(2,16-10-6-4-7-11-16)14-19(3,21)15-20-17-12-8-5-9-13-17/h4-13,15,21H,14H2,1-3H3. The van der Waals surface area contributed by atoms with E-state index in [0.717, 1.165) is 5.69 Å². The lowest BCUT2D eigenvalue weighted by Gasteiger charge is -2.32. The Balaban J connectivity index is 2.12. The van der Waals surface area contributed by atoms with Crippen molar-refractivity contribution in [2.75, 3.05) is 0 Å². The van der Waals surface area contributed by atoms with Crippen molar-refractivity contribution in [3.05, 3.63) is 66.2 Å². The van der Waals surface area contributed by atoms with Gasteiger partial charge in [-0.15, -0.1) is 0 Å². The van der Waals surface area contributed by atoms with Crippen LogP contribution < -0.4 is 0 Å². The average molecular weight is 281 g/mol. The molecule has 2 rings (SSSR count). The minimum Gasteiger partial charge on any atom is -0.384 e. The first-order chi connectivity index (χ1) is 9.89. The van der Waals surface area contributed by atoms with Gasteiger partial charge in [-0.3, -0.25) is 4.99 Å². The van der Waals surface area contributed by atoms with Crippen LogP contribution in [0, 0.1) is 0 Å². The highest BCUT2D eigenvalue weighted by molar-refractivity contribution is 5.71. The topological polar surface area (TPSA) is 32.6 Å². The van der Waals surface area contributed by atoms with Crippen LogP contribution in [-0.4, -0.2) is 16.9 Å². The highest BCUT2D eigenvalue weighted by Gasteiger charge is 2.30. The van der Waals surface area contributed by atoms with Crippen molar-refractivity contribution in [1.82, 2.24) is 0 Å². The molecule has 2 heteroatoms. The van der Waals surface area contributed by atoms with Crippen molar-refractivity contribution in [3.63, 3.8) is 0 Å². The predicted molar refractivity (Wildman–Crippen MR) is 89.3 cm³/mol. The summed E-state index contributed by atoms with van der Waals surface area (Å²) in [7, 11) is 0. The van der Waals surface area contributed by atoms with Gasteiger partial charge in [0.05, 0.1) is 11.3 Å². The zero-order valence-electron chi connectivity index (χ0n) is 13.0. The number of hydrogen-bond acceptors (Lipinski definition) is 2. The second-order valence-electron chi connectivity index (χ2n) is 6.38. The van der Waals surface area contributed by atoms with E-state index >= 15 is 0 Å². The Hall–Kier alpha value is -1.93. The molecule has 1 unspecified atom stereocenters. The quantitative estimate of drug-likeness (QED) is 0.804. The van der Waals surface area contributed by atoms with Crippen LogP contribution in [0.5, 0.6) is 0 Å². The van der Waals surface area contributed by atoms with E-state index in [4.69, 9.17) is 0 Å². The van der Waals surface area contributed by atoms with E-state index in [1.165, 1.54) is 5.56 Å². The number of nitrogens with zero attached hydrogens (tertiary/aromatic N) is 1. The number of benzene rings is 2. The van der Waals surface area contributed by atoms with Crippen LogP contribution in [0.3, 0.4) is 0 Å². The molecule has 0 fully saturated rings. The summed E-state index contributed by atoms with van der Waals surface area (Å²) in [6.07, 6.45) is 2.26. The molecule has 0 radical (unpaired) electrons. The van der Waals surface area contributed by atoms with Crippen molar-refractivity contribution in [2.45, 2.75) is 38.2 Å². The summed E-state index contributed by atoms with van der Waals surface area (Å²) >= 11 is 0. The Bertz CT molecular complexity index is 585. The van der Waals surface area contributed by atoms with Crippen molar-refractivity contribution >= 4 is 11.9 Å². The maximum atomic E-state index is 10.6. The van der Waals surface area contributed by atoms with E-state index < -0.39 is 5.60 Å². The van der Waals surface area contributed by atoms with Crippen LogP contribution in [0.4, 0.5) is 5.69 Å². The molecule has 21 heavy (non-hydrogen) atoms. The van der Waals surface area contributed by atoms with Crippen LogP contribution in [-0.2, 0) is 5.41 Å². The summed E-state index contributed by atoms with van der Waals surface area (Å²) in [5, 5.41) is 10.6. The van der Waals surface area contributed by atoms with E-state index in [1.54, 1.807) is 6.21 Å². The molecule has 1 atom stereocenters. The molecule has 2 aromatic carbocycles. The Morgan fingerprint density at radius 3 is 2.00 bits per heavy atom. The van der Waals surface area contributed by atoms with Crippen LogP contribution in [0.1, 0.15) is 32.8 Å². The summed E-state index contributed by atoms with van der Waals surface area (Å²) in [6, 6.07) is 20.0. The van der Waals surface area contributed by atoms with Gasteiger partial charge in [-0.2, -0.15) is 0 Å². The molecule has 0 amide bonds. The highest BCUT2D eigenvalue weighted by Crippen LogP contribution is 2.31. The lowest BCUT2D eigenvalue weighted by molar-refractivity contribution is 0.103. The number of rotatable bonds is 5. The molecule has 0 saturated carbocycles. The number of hydrogen-bond donors (Lipinski definition) is 1. The van der Waals surface area contributed by atoms with Gasteiger partial charge in [-0.1, -0.05) is 62.4 Å². The van der Waals surface area contributed by atoms with Crippen LogP contribution in [0.15, 0.2) is 65.7 Å². The molecule has 0 aromatic heterocycles. The number of aliphatic hydroxyl groups is 1. The first kappa shape index (κ1) is 15.5. The fraction of sp³-hybridized carbons (Fsp3) is 0.316. The Labute approximate surface area is 127 Å². The van der Waals surface area contributed by atoms with Gasteiger partial charge >= 0.3 is 0 Å². The minimum atomic E-state index is -0.949. The predicted octanol–water partition coefficient (Wildman–Crippen LogP) is 4.51. The molecule has 110 valence electrons. The third-order valence-electron chi connectivity index (χ3n) is 3.60. The van der Waals surface area contributed by atoms with Crippen molar-refractivity contribution in [3.8, 4) is 0 Å². The van der Waals surface area contributed by atoms with Crippen molar-refractivity contribution in [2.24, 2.45) is 4.99 Å². The third-order valence-corrected chi connectivity index (χ3v) is 3.60. The maximum absolute atomic E-state index is 10.6. The second kappa shape index (κ2) is 6.23. The van der Waals surface area contributed by atoms with Crippen molar-refractivity contribution < 1.29 is 5.11 Å². The monoisotopic (exact) mass is 281 g/mol. The van der Waals surface area contributed by atoms with Crippen molar-refractivity contribution in [1.29, 1.82) is 0 Å². The lowest BCUT2D eigenvalue weighted by atomic mass is 9.76. The second-order valence-corrected chi connectivity index (χ2v) is 6.38. The van der Waals surface area contributed by atoms with E-state index in [1.807, 2.05) is 55.5 Å². The first-order valence-electron chi connectivity index (χ1n) is 7.27. The maximum Gasteiger partial charge on any atom is 0.0977 e.